The van der Waals surface area contributed by atoms with Crippen molar-refractivity contribution in [2.45, 2.75) is 47.5 Å². The molecule has 1 aliphatic heterocycles. The molecule has 23 heavy (non-hydrogen) atoms. The number of rotatable bonds is 6. The Hall–Kier alpha value is -0.530. The van der Waals surface area contributed by atoms with Crippen molar-refractivity contribution in [3.63, 3.8) is 0 Å². The Morgan fingerprint density at radius 1 is 1.39 bits per heavy atom. The van der Waals surface area contributed by atoms with Crippen LogP contribution < -0.4 is 10.6 Å². The second-order valence-electron chi connectivity index (χ2n) is 7.36. The van der Waals surface area contributed by atoms with Gasteiger partial charge < -0.3 is 15.5 Å². The van der Waals surface area contributed by atoms with Crippen LogP contribution in [0.25, 0.3) is 0 Å². The summed E-state index contributed by atoms with van der Waals surface area (Å²) in [5.74, 6) is 2.49. The van der Waals surface area contributed by atoms with E-state index in [1.807, 2.05) is 13.8 Å². The number of aliphatic imine (C=N–C) groups is 1. The highest BCUT2D eigenvalue weighted by Gasteiger charge is 2.28. The zero-order chi connectivity index (χ0) is 16.8. The fourth-order valence-corrected chi connectivity index (χ4v) is 2.99. The van der Waals surface area contributed by atoms with Crippen molar-refractivity contribution >= 4 is 35.8 Å². The summed E-state index contributed by atoms with van der Waals surface area (Å²) in [5.41, 5.74) is -0.480. The van der Waals surface area contributed by atoms with Gasteiger partial charge in [-0.15, -0.1) is 24.0 Å². The number of hydrogen-bond acceptors (Lipinski definition) is 2. The molecule has 1 atom stereocenters. The maximum absolute atomic E-state index is 11.9. The van der Waals surface area contributed by atoms with Crippen LogP contribution >= 0.6 is 24.0 Å². The summed E-state index contributed by atoms with van der Waals surface area (Å²) in [5, 5.41) is 6.09. The average Bonchev–Trinajstić information content (AvgIpc) is 2.89. The largest absolute Gasteiger partial charge is 0.359 e. The van der Waals surface area contributed by atoms with Crippen LogP contribution in [-0.4, -0.2) is 50.0 Å². The number of guanidine groups is 1. The van der Waals surface area contributed by atoms with E-state index in [2.05, 4.69) is 36.3 Å². The molecule has 0 aromatic carbocycles. The summed E-state index contributed by atoms with van der Waals surface area (Å²) in [7, 11) is 1.68. The highest BCUT2D eigenvalue weighted by molar-refractivity contribution is 14.0. The Morgan fingerprint density at radius 2 is 2.04 bits per heavy atom. The van der Waals surface area contributed by atoms with Gasteiger partial charge in [0.2, 0.25) is 5.91 Å². The van der Waals surface area contributed by atoms with Crippen LogP contribution in [-0.2, 0) is 4.79 Å². The van der Waals surface area contributed by atoms with E-state index >= 15 is 0 Å². The highest BCUT2D eigenvalue weighted by atomic mass is 127. The number of hydrogen-bond donors (Lipinski definition) is 2. The number of carbonyl (C=O) groups excluding carboxylic acids is 1. The first kappa shape index (κ1) is 22.5. The number of nitrogens with one attached hydrogen (secondary N) is 2. The third-order valence-electron chi connectivity index (χ3n) is 4.19. The molecule has 1 aliphatic rings. The fourth-order valence-electron chi connectivity index (χ4n) is 2.99. The lowest BCUT2D eigenvalue weighted by Gasteiger charge is -2.25. The smallest absolute Gasteiger partial charge is 0.227 e. The minimum atomic E-state index is -0.480. The average molecular weight is 438 g/mol. The number of likely N-dealkylation sites (tertiary alicyclic amines) is 1. The Kier molecular flexibility index (Phi) is 10.1. The normalized spacial score (nSPS) is 18.8. The van der Waals surface area contributed by atoms with E-state index in [1.165, 1.54) is 12.8 Å². The molecule has 5 nitrogen and oxygen atoms in total. The van der Waals surface area contributed by atoms with Gasteiger partial charge in [-0.05, 0) is 45.4 Å². The van der Waals surface area contributed by atoms with E-state index in [-0.39, 0.29) is 29.9 Å². The minimum Gasteiger partial charge on any atom is -0.359 e. The Balaban J connectivity index is 0.00000484. The van der Waals surface area contributed by atoms with Crippen molar-refractivity contribution < 1.29 is 4.79 Å². The molecular weight excluding hydrogens is 403 g/mol. The van der Waals surface area contributed by atoms with Crippen LogP contribution in [0.4, 0.5) is 0 Å². The topological polar surface area (TPSA) is 56.7 Å². The number of halogens is 1. The van der Waals surface area contributed by atoms with E-state index in [0.29, 0.717) is 6.54 Å². The number of amides is 1. The zero-order valence-electron chi connectivity index (χ0n) is 15.6. The molecule has 2 N–H and O–H groups in total. The second kappa shape index (κ2) is 10.4. The predicted octanol–water partition coefficient (Wildman–Crippen LogP) is 2.71. The molecule has 0 aliphatic carbocycles. The molecule has 0 aromatic rings. The van der Waals surface area contributed by atoms with Crippen molar-refractivity contribution in [3.8, 4) is 0 Å². The first-order valence-electron chi connectivity index (χ1n) is 8.55. The molecule has 1 heterocycles. The Bertz CT molecular complexity index is 396. The molecule has 1 amide bonds. The van der Waals surface area contributed by atoms with Crippen LogP contribution in [0.15, 0.2) is 4.99 Å². The monoisotopic (exact) mass is 438 g/mol. The standard InChI is InChI=1S/C17H34N4O.HI/c1-7-19-16(20-12-17(4,5)15(22)18-6)21-9-8-14(11-21)10-13(2)3;/h13-14H,7-12H2,1-6H3,(H,18,22)(H,19,20);1H. The van der Waals surface area contributed by atoms with Crippen LogP contribution in [0, 0.1) is 17.3 Å². The molecule has 6 heteroatoms. The lowest BCUT2D eigenvalue weighted by atomic mass is 9.93. The lowest BCUT2D eigenvalue weighted by Crippen LogP contribution is -2.42. The maximum Gasteiger partial charge on any atom is 0.227 e. The third-order valence-corrected chi connectivity index (χ3v) is 4.19. The van der Waals surface area contributed by atoms with Crippen molar-refractivity contribution in [1.82, 2.24) is 15.5 Å². The SMILES string of the molecule is CCNC(=NCC(C)(C)C(=O)NC)N1CCC(CC(C)C)C1.I. The summed E-state index contributed by atoms with van der Waals surface area (Å²) in [4.78, 5) is 18.9. The Morgan fingerprint density at radius 3 is 2.57 bits per heavy atom. The maximum atomic E-state index is 11.9. The molecular formula is C17H35IN4O. The third kappa shape index (κ3) is 7.27. The van der Waals surface area contributed by atoms with E-state index in [0.717, 1.165) is 37.4 Å². The van der Waals surface area contributed by atoms with Gasteiger partial charge >= 0.3 is 0 Å². The van der Waals surface area contributed by atoms with Gasteiger partial charge in [0.15, 0.2) is 5.96 Å². The zero-order valence-corrected chi connectivity index (χ0v) is 17.9. The van der Waals surface area contributed by atoms with Crippen molar-refractivity contribution in [1.29, 1.82) is 0 Å². The predicted molar refractivity (Wildman–Crippen MR) is 108 cm³/mol. The van der Waals surface area contributed by atoms with Gasteiger partial charge in [0.1, 0.15) is 0 Å². The minimum absolute atomic E-state index is 0. The molecule has 1 saturated heterocycles. The molecule has 0 spiro atoms. The van der Waals surface area contributed by atoms with Gasteiger partial charge in [0, 0.05) is 26.7 Å². The molecule has 1 fully saturated rings. The first-order valence-corrected chi connectivity index (χ1v) is 8.55. The van der Waals surface area contributed by atoms with Crippen LogP contribution in [0.1, 0.15) is 47.5 Å². The van der Waals surface area contributed by atoms with Gasteiger partial charge in [-0.25, -0.2) is 0 Å². The molecule has 1 unspecified atom stereocenters. The number of carbonyl (C=O) groups is 1. The van der Waals surface area contributed by atoms with Crippen molar-refractivity contribution in [3.05, 3.63) is 0 Å². The number of nitrogens with zero attached hydrogens (tertiary/aromatic N) is 2. The summed E-state index contributed by atoms with van der Waals surface area (Å²) in [6, 6.07) is 0. The van der Waals surface area contributed by atoms with Crippen molar-refractivity contribution in [2.24, 2.45) is 22.2 Å². The first-order chi connectivity index (χ1) is 10.3. The summed E-state index contributed by atoms with van der Waals surface area (Å²) in [6.45, 7) is 14.0. The quantitative estimate of drug-likeness (QED) is 0.381. The van der Waals surface area contributed by atoms with E-state index in [4.69, 9.17) is 4.99 Å². The van der Waals surface area contributed by atoms with E-state index < -0.39 is 5.41 Å². The van der Waals surface area contributed by atoms with Gasteiger partial charge in [0.25, 0.3) is 0 Å². The summed E-state index contributed by atoms with van der Waals surface area (Å²) < 4.78 is 0. The van der Waals surface area contributed by atoms with Crippen LogP contribution in [0.3, 0.4) is 0 Å². The van der Waals surface area contributed by atoms with Gasteiger partial charge in [-0.2, -0.15) is 0 Å². The molecule has 136 valence electrons. The van der Waals surface area contributed by atoms with Gasteiger partial charge in [-0.1, -0.05) is 13.8 Å². The summed E-state index contributed by atoms with van der Waals surface area (Å²) in [6.07, 6.45) is 2.51. The highest BCUT2D eigenvalue weighted by Crippen LogP contribution is 2.23. The molecule has 1 rings (SSSR count). The second-order valence-corrected chi connectivity index (χ2v) is 7.36. The van der Waals surface area contributed by atoms with E-state index in [1.54, 1.807) is 7.05 Å². The van der Waals surface area contributed by atoms with Crippen molar-refractivity contribution in [2.75, 3.05) is 33.2 Å². The summed E-state index contributed by atoms with van der Waals surface area (Å²) >= 11 is 0. The fraction of sp³-hybridized carbons (Fsp3) is 0.882. The molecule has 0 saturated carbocycles. The Labute approximate surface area is 159 Å². The molecule has 0 aromatic heterocycles. The molecule has 0 bridgehead atoms. The van der Waals surface area contributed by atoms with Crippen LogP contribution in [0.5, 0.6) is 0 Å². The molecule has 0 radical (unpaired) electrons. The van der Waals surface area contributed by atoms with Gasteiger partial charge in [-0.3, -0.25) is 9.79 Å². The lowest BCUT2D eigenvalue weighted by molar-refractivity contribution is -0.128. The van der Waals surface area contributed by atoms with E-state index in [9.17, 15) is 4.79 Å². The van der Waals surface area contributed by atoms with Gasteiger partial charge in [0.05, 0.1) is 12.0 Å². The van der Waals surface area contributed by atoms with Crippen LogP contribution in [0.2, 0.25) is 0 Å².